The zero-order valence-corrected chi connectivity index (χ0v) is 24.8. The number of anilines is 1. The smallest absolute Gasteiger partial charge is 0.269 e. The van der Waals surface area contributed by atoms with E-state index >= 15 is 8.78 Å². The van der Waals surface area contributed by atoms with E-state index in [0.29, 0.717) is 29.5 Å². The summed E-state index contributed by atoms with van der Waals surface area (Å²) in [7, 11) is -1.71. The fraction of sp³-hybridized carbons (Fsp3) is 0.333. The molecule has 3 aromatic carbocycles. The van der Waals surface area contributed by atoms with Crippen molar-refractivity contribution in [2.24, 2.45) is 0 Å². The van der Waals surface area contributed by atoms with E-state index in [1.54, 1.807) is 18.2 Å². The van der Waals surface area contributed by atoms with Gasteiger partial charge in [-0.25, -0.2) is 26.5 Å². The highest BCUT2D eigenvalue weighted by Crippen LogP contribution is 2.37. The lowest BCUT2D eigenvalue weighted by atomic mass is 9.89. The molecule has 8 nitrogen and oxygen atoms in total. The molecule has 12 heteroatoms. The molecular weight excluding hydrogens is 584 g/mol. The van der Waals surface area contributed by atoms with Gasteiger partial charge in [-0.15, -0.1) is 0 Å². The highest BCUT2D eigenvalue weighted by Gasteiger charge is 2.34. The summed E-state index contributed by atoms with van der Waals surface area (Å²) >= 11 is 0.809. The Hall–Kier alpha value is -3.77. The number of ether oxygens (including phenoxy) is 3. The van der Waals surface area contributed by atoms with E-state index in [1.807, 2.05) is 30.3 Å². The maximum absolute atomic E-state index is 15.6. The predicted molar refractivity (Wildman–Crippen MR) is 156 cm³/mol. The molecule has 42 heavy (non-hydrogen) atoms. The number of hydrogen-bond donors (Lipinski definition) is 0. The second kappa shape index (κ2) is 13.0. The van der Waals surface area contributed by atoms with Gasteiger partial charge >= 0.3 is 0 Å². The Bertz CT molecular complexity index is 1600. The first-order valence-electron chi connectivity index (χ1n) is 13.5. The molecule has 1 saturated carbocycles. The van der Waals surface area contributed by atoms with E-state index in [9.17, 15) is 8.42 Å². The molecule has 1 fully saturated rings. The lowest BCUT2D eigenvalue weighted by molar-refractivity contribution is 0.153. The van der Waals surface area contributed by atoms with E-state index in [4.69, 9.17) is 14.2 Å². The molecule has 2 atom stereocenters. The fourth-order valence-corrected chi connectivity index (χ4v) is 7.44. The Morgan fingerprint density at radius 2 is 1.71 bits per heavy atom. The van der Waals surface area contributed by atoms with Gasteiger partial charge in [0.15, 0.2) is 11.6 Å². The summed E-state index contributed by atoms with van der Waals surface area (Å²) in [6.07, 6.45) is 5.28. The van der Waals surface area contributed by atoms with Gasteiger partial charge in [-0.2, -0.15) is 4.37 Å². The van der Waals surface area contributed by atoms with Crippen molar-refractivity contribution in [1.82, 2.24) is 9.36 Å². The largest absolute Gasteiger partial charge is 0.497 e. The van der Waals surface area contributed by atoms with Crippen molar-refractivity contribution in [1.29, 1.82) is 0 Å². The average molecular weight is 616 g/mol. The number of aromatic nitrogens is 2. The van der Waals surface area contributed by atoms with Crippen molar-refractivity contribution in [3.05, 3.63) is 89.8 Å². The van der Waals surface area contributed by atoms with Gasteiger partial charge in [-0.3, -0.25) is 0 Å². The van der Waals surface area contributed by atoms with Gasteiger partial charge in [0.2, 0.25) is 5.13 Å². The molecule has 0 bridgehead atoms. The van der Waals surface area contributed by atoms with Gasteiger partial charge in [0.05, 0.1) is 20.8 Å². The summed E-state index contributed by atoms with van der Waals surface area (Å²) in [5, 5.41) is -0.0165. The quantitative estimate of drug-likeness (QED) is 0.183. The number of halogens is 2. The molecule has 1 aromatic heterocycles. The molecule has 1 aliphatic carbocycles. The van der Waals surface area contributed by atoms with Gasteiger partial charge in [-0.05, 0) is 37.0 Å². The Morgan fingerprint density at radius 1 is 0.929 bits per heavy atom. The zero-order chi connectivity index (χ0) is 29.7. The maximum Gasteiger partial charge on any atom is 0.269 e. The van der Waals surface area contributed by atoms with Crippen LogP contribution in [0, 0.1) is 11.6 Å². The first-order valence-corrected chi connectivity index (χ1v) is 15.7. The SMILES string of the molecule is COc1ccc(CN(c2ncns2)S(=O)(=O)c2cc(F)c(O[C@H]3CCCCC[C@@H]3c3ccccc3)cc2F)c(OC)c1. The van der Waals surface area contributed by atoms with Crippen LogP contribution in [0.4, 0.5) is 13.9 Å². The van der Waals surface area contributed by atoms with Crippen molar-refractivity contribution >= 4 is 26.7 Å². The number of rotatable bonds is 10. The Balaban J connectivity index is 1.47. The van der Waals surface area contributed by atoms with Crippen LogP contribution in [0.5, 0.6) is 17.2 Å². The monoisotopic (exact) mass is 615 g/mol. The van der Waals surface area contributed by atoms with Crippen LogP contribution in [0.1, 0.15) is 49.1 Å². The summed E-state index contributed by atoms with van der Waals surface area (Å²) in [5.74, 6) is -1.55. The standard InChI is InChI=1S/C30H31F2N3O5S2/c1-38-22-14-13-21(27(15-22)39-2)18-35(30-33-19-34-41-30)42(36,37)29-17-24(31)28(16-25(29)32)40-26-12-8-4-7-11-23(26)20-9-5-3-6-10-20/h3,5-6,9-10,13-17,19,23,26H,4,7-8,11-12,18H2,1-2H3/t23-,26+/m1/s1. The second-order valence-corrected chi connectivity index (χ2v) is 12.5. The van der Waals surface area contributed by atoms with Crippen LogP contribution in [0.2, 0.25) is 0 Å². The normalized spacial score (nSPS) is 17.3. The first-order chi connectivity index (χ1) is 20.3. The molecule has 0 N–H and O–H groups in total. The molecule has 0 unspecified atom stereocenters. The van der Waals surface area contributed by atoms with Crippen LogP contribution < -0.4 is 18.5 Å². The van der Waals surface area contributed by atoms with Crippen molar-refractivity contribution < 1.29 is 31.4 Å². The molecular formula is C30H31F2N3O5S2. The summed E-state index contributed by atoms with van der Waals surface area (Å²) in [6, 6.07) is 16.2. The van der Waals surface area contributed by atoms with Crippen molar-refractivity contribution in [2.75, 3.05) is 18.5 Å². The van der Waals surface area contributed by atoms with Crippen LogP contribution in [-0.2, 0) is 16.6 Å². The second-order valence-electron chi connectivity index (χ2n) is 9.94. The van der Waals surface area contributed by atoms with Crippen LogP contribution in [0.15, 0.2) is 71.9 Å². The topological polar surface area (TPSA) is 90.9 Å². The van der Waals surface area contributed by atoms with E-state index in [0.717, 1.165) is 53.2 Å². The summed E-state index contributed by atoms with van der Waals surface area (Å²) < 4.78 is 80.4. The molecule has 4 aromatic rings. The van der Waals surface area contributed by atoms with E-state index < -0.39 is 26.6 Å². The van der Waals surface area contributed by atoms with Crippen molar-refractivity contribution in [3.63, 3.8) is 0 Å². The number of benzene rings is 3. The van der Waals surface area contributed by atoms with Crippen LogP contribution in [0.25, 0.3) is 0 Å². The highest BCUT2D eigenvalue weighted by atomic mass is 32.2. The number of hydrogen-bond acceptors (Lipinski definition) is 8. The van der Waals surface area contributed by atoms with Crippen LogP contribution in [-0.4, -0.2) is 38.1 Å². The van der Waals surface area contributed by atoms with Gasteiger partial charge in [0.25, 0.3) is 10.0 Å². The summed E-state index contributed by atoms with van der Waals surface area (Å²) in [4.78, 5) is 3.20. The van der Waals surface area contributed by atoms with E-state index in [2.05, 4.69) is 9.36 Å². The Morgan fingerprint density at radius 3 is 2.43 bits per heavy atom. The lowest BCUT2D eigenvalue weighted by Gasteiger charge is -2.27. The molecule has 0 spiro atoms. The Kier molecular flexibility index (Phi) is 9.22. The summed E-state index contributed by atoms with van der Waals surface area (Å²) in [6.45, 7) is -0.273. The van der Waals surface area contributed by atoms with E-state index in [1.165, 1.54) is 20.5 Å². The number of nitrogens with zero attached hydrogens (tertiary/aromatic N) is 3. The lowest BCUT2D eigenvalue weighted by Crippen LogP contribution is -2.31. The molecule has 0 amide bonds. The molecule has 5 rings (SSSR count). The van der Waals surface area contributed by atoms with Crippen LogP contribution >= 0.6 is 11.5 Å². The minimum atomic E-state index is -4.64. The number of methoxy groups -OCH3 is 2. The predicted octanol–water partition coefficient (Wildman–Crippen LogP) is 6.72. The maximum atomic E-state index is 15.6. The molecule has 0 radical (unpaired) electrons. The number of sulfonamides is 1. The molecule has 0 saturated heterocycles. The average Bonchev–Trinajstić information content (AvgIpc) is 3.43. The van der Waals surface area contributed by atoms with Crippen molar-refractivity contribution in [2.45, 2.75) is 55.6 Å². The zero-order valence-electron chi connectivity index (χ0n) is 23.2. The first kappa shape index (κ1) is 29.7. The summed E-state index contributed by atoms with van der Waals surface area (Å²) in [5.41, 5.74) is 1.53. The third-order valence-electron chi connectivity index (χ3n) is 7.38. The minimum absolute atomic E-state index is 0.00643. The molecule has 222 valence electrons. The molecule has 1 heterocycles. The van der Waals surface area contributed by atoms with Crippen molar-refractivity contribution in [3.8, 4) is 17.2 Å². The third-order valence-corrected chi connectivity index (χ3v) is 9.94. The highest BCUT2D eigenvalue weighted by molar-refractivity contribution is 7.93. The van der Waals surface area contributed by atoms with E-state index in [-0.39, 0.29) is 29.4 Å². The minimum Gasteiger partial charge on any atom is -0.497 e. The molecule has 1 aliphatic rings. The third kappa shape index (κ3) is 6.34. The fourth-order valence-electron chi connectivity index (χ4n) is 5.25. The van der Waals surface area contributed by atoms with Crippen LogP contribution in [0.3, 0.4) is 0 Å². The Labute approximate surface area is 248 Å². The van der Waals surface area contributed by atoms with Gasteiger partial charge in [0, 0.05) is 41.2 Å². The van der Waals surface area contributed by atoms with Gasteiger partial charge in [-0.1, -0.05) is 43.2 Å². The van der Waals surface area contributed by atoms with Gasteiger partial charge in [0.1, 0.15) is 34.6 Å². The van der Waals surface area contributed by atoms with Gasteiger partial charge < -0.3 is 14.2 Å². The molecule has 0 aliphatic heterocycles.